The first-order valence-electron chi connectivity index (χ1n) is 8.27. The van der Waals surface area contributed by atoms with E-state index in [4.69, 9.17) is 16.3 Å². The van der Waals surface area contributed by atoms with E-state index in [0.717, 1.165) is 16.7 Å². The van der Waals surface area contributed by atoms with E-state index >= 15 is 0 Å². The molecule has 0 saturated heterocycles. The molecule has 0 saturated carbocycles. The monoisotopic (exact) mass is 374 g/mol. The molecule has 2 N–H and O–H groups in total. The van der Waals surface area contributed by atoms with Gasteiger partial charge >= 0.3 is 6.09 Å². The van der Waals surface area contributed by atoms with Crippen LogP contribution in [0, 0.1) is 6.92 Å². The molecule has 0 aliphatic rings. The third kappa shape index (κ3) is 6.08. The summed E-state index contributed by atoms with van der Waals surface area (Å²) in [5.41, 5.74) is 3.01. The maximum absolute atomic E-state index is 12.0. The second-order valence-electron chi connectivity index (χ2n) is 6.94. The number of aryl methyl sites for hydroxylation is 1. The molecular formula is C20H23ClN2O3. The lowest BCUT2D eigenvalue weighted by Gasteiger charge is -2.19. The average molecular weight is 375 g/mol. The average Bonchev–Trinajstić information content (AvgIpc) is 2.53. The zero-order chi connectivity index (χ0) is 19.3. The molecule has 0 aromatic heterocycles. The van der Waals surface area contributed by atoms with Gasteiger partial charge in [0.1, 0.15) is 12.1 Å². The van der Waals surface area contributed by atoms with Crippen molar-refractivity contribution in [3.05, 3.63) is 53.1 Å². The second kappa shape index (κ2) is 8.23. The van der Waals surface area contributed by atoms with Crippen molar-refractivity contribution in [2.24, 2.45) is 0 Å². The lowest BCUT2D eigenvalue weighted by Crippen LogP contribution is -2.37. The summed E-state index contributed by atoms with van der Waals surface area (Å²) in [5, 5.41) is 5.89. The highest BCUT2D eigenvalue weighted by Gasteiger charge is 2.16. The fourth-order valence-electron chi connectivity index (χ4n) is 2.31. The van der Waals surface area contributed by atoms with Gasteiger partial charge in [0.2, 0.25) is 5.91 Å². The normalized spacial score (nSPS) is 11.0. The van der Waals surface area contributed by atoms with E-state index < -0.39 is 11.7 Å². The van der Waals surface area contributed by atoms with Crippen LogP contribution in [0.4, 0.5) is 10.5 Å². The smallest absolute Gasteiger partial charge is 0.408 e. The Balaban J connectivity index is 1.97. The molecular weight excluding hydrogens is 352 g/mol. The molecule has 26 heavy (non-hydrogen) atoms. The summed E-state index contributed by atoms with van der Waals surface area (Å²) in [4.78, 5) is 23.6. The zero-order valence-corrected chi connectivity index (χ0v) is 16.1. The fourth-order valence-corrected chi connectivity index (χ4v) is 2.50. The summed E-state index contributed by atoms with van der Waals surface area (Å²) in [6.45, 7) is 7.03. The van der Waals surface area contributed by atoms with E-state index in [1.165, 1.54) is 0 Å². The van der Waals surface area contributed by atoms with Crippen LogP contribution in [0.15, 0.2) is 42.5 Å². The standard InChI is InChI=1S/C20H23ClN2O3/c1-13-10-15(14-6-5-7-16(21)11-14)8-9-17(13)23-18(24)12-22-19(25)26-20(2,3)4/h5-11H,12H2,1-4H3,(H,22,25)(H,23,24). The maximum Gasteiger partial charge on any atom is 0.408 e. The Morgan fingerprint density at radius 2 is 1.77 bits per heavy atom. The molecule has 0 radical (unpaired) electrons. The van der Waals surface area contributed by atoms with Crippen molar-refractivity contribution in [1.29, 1.82) is 0 Å². The van der Waals surface area contributed by atoms with E-state index in [9.17, 15) is 9.59 Å². The van der Waals surface area contributed by atoms with E-state index in [1.54, 1.807) is 20.8 Å². The Kier molecular flexibility index (Phi) is 6.27. The summed E-state index contributed by atoms with van der Waals surface area (Å²) >= 11 is 6.03. The van der Waals surface area contributed by atoms with Gasteiger partial charge in [0.25, 0.3) is 0 Å². The molecule has 0 fully saturated rings. The topological polar surface area (TPSA) is 67.4 Å². The number of halogens is 1. The molecule has 2 amide bonds. The first-order valence-corrected chi connectivity index (χ1v) is 8.65. The van der Waals surface area contributed by atoms with Crippen molar-refractivity contribution in [2.45, 2.75) is 33.3 Å². The molecule has 2 aromatic rings. The highest BCUT2D eigenvalue weighted by molar-refractivity contribution is 6.30. The zero-order valence-electron chi connectivity index (χ0n) is 15.4. The minimum Gasteiger partial charge on any atom is -0.444 e. The minimum absolute atomic E-state index is 0.162. The first kappa shape index (κ1) is 19.8. The predicted molar refractivity (Wildman–Crippen MR) is 104 cm³/mol. The molecule has 0 atom stereocenters. The van der Waals surface area contributed by atoms with Gasteiger partial charge in [-0.3, -0.25) is 4.79 Å². The van der Waals surface area contributed by atoms with E-state index in [1.807, 2.05) is 49.4 Å². The van der Waals surface area contributed by atoms with Gasteiger partial charge in [-0.2, -0.15) is 0 Å². The quantitative estimate of drug-likeness (QED) is 0.809. The third-order valence-corrected chi connectivity index (χ3v) is 3.69. The summed E-state index contributed by atoms with van der Waals surface area (Å²) < 4.78 is 5.10. The summed E-state index contributed by atoms with van der Waals surface area (Å²) in [7, 11) is 0. The molecule has 0 unspecified atom stereocenters. The van der Waals surface area contributed by atoms with Gasteiger partial charge in [-0.25, -0.2) is 4.79 Å². The minimum atomic E-state index is -0.624. The summed E-state index contributed by atoms with van der Waals surface area (Å²) in [5.74, 6) is -0.325. The van der Waals surface area contributed by atoms with Crippen molar-refractivity contribution in [2.75, 3.05) is 11.9 Å². The Bertz CT molecular complexity index is 813. The Labute approximate surface area is 158 Å². The van der Waals surface area contributed by atoms with Crippen molar-refractivity contribution >= 4 is 29.3 Å². The first-order chi connectivity index (χ1) is 12.1. The molecule has 0 aliphatic heterocycles. The van der Waals surface area contributed by atoms with Gasteiger partial charge in [0, 0.05) is 10.7 Å². The van der Waals surface area contributed by atoms with Gasteiger partial charge in [0.15, 0.2) is 0 Å². The molecule has 5 nitrogen and oxygen atoms in total. The largest absolute Gasteiger partial charge is 0.444 e. The van der Waals surface area contributed by atoms with Gasteiger partial charge in [0.05, 0.1) is 0 Å². The number of rotatable bonds is 4. The van der Waals surface area contributed by atoms with Crippen LogP contribution in [0.3, 0.4) is 0 Å². The van der Waals surface area contributed by atoms with Crippen LogP contribution in [0.25, 0.3) is 11.1 Å². The van der Waals surface area contributed by atoms with Crippen LogP contribution >= 0.6 is 11.6 Å². The van der Waals surface area contributed by atoms with Crippen LogP contribution in [0.2, 0.25) is 5.02 Å². The van der Waals surface area contributed by atoms with Crippen LogP contribution < -0.4 is 10.6 Å². The SMILES string of the molecule is Cc1cc(-c2cccc(Cl)c2)ccc1NC(=O)CNC(=O)OC(C)(C)C. The van der Waals surface area contributed by atoms with Crippen molar-refractivity contribution in [3.63, 3.8) is 0 Å². The van der Waals surface area contributed by atoms with Crippen LogP contribution in [0.1, 0.15) is 26.3 Å². The lowest BCUT2D eigenvalue weighted by atomic mass is 10.0. The number of nitrogens with one attached hydrogen (secondary N) is 2. The van der Waals surface area contributed by atoms with Crippen molar-refractivity contribution in [3.8, 4) is 11.1 Å². The van der Waals surface area contributed by atoms with Gasteiger partial charge in [-0.15, -0.1) is 0 Å². The number of hydrogen-bond acceptors (Lipinski definition) is 3. The molecule has 138 valence electrons. The predicted octanol–water partition coefficient (Wildman–Crippen LogP) is 4.78. The number of carbonyl (C=O) groups excluding carboxylic acids is 2. The number of hydrogen-bond donors (Lipinski definition) is 2. The van der Waals surface area contributed by atoms with E-state index in [0.29, 0.717) is 10.7 Å². The van der Waals surface area contributed by atoms with Crippen LogP contribution in [0.5, 0.6) is 0 Å². The Morgan fingerprint density at radius 3 is 2.38 bits per heavy atom. The number of amides is 2. The molecule has 2 rings (SSSR count). The van der Waals surface area contributed by atoms with E-state index in [-0.39, 0.29) is 12.5 Å². The van der Waals surface area contributed by atoms with Crippen LogP contribution in [-0.4, -0.2) is 24.1 Å². The summed E-state index contributed by atoms with van der Waals surface area (Å²) in [6.07, 6.45) is -0.624. The van der Waals surface area contributed by atoms with Crippen molar-refractivity contribution in [1.82, 2.24) is 5.32 Å². The molecule has 0 spiro atoms. The third-order valence-electron chi connectivity index (χ3n) is 3.45. The van der Waals surface area contributed by atoms with Gasteiger partial charge in [-0.1, -0.05) is 29.8 Å². The second-order valence-corrected chi connectivity index (χ2v) is 7.38. The van der Waals surface area contributed by atoms with Crippen molar-refractivity contribution < 1.29 is 14.3 Å². The Morgan fingerprint density at radius 1 is 1.08 bits per heavy atom. The number of anilines is 1. The van der Waals surface area contributed by atoms with Gasteiger partial charge in [-0.05, 0) is 68.7 Å². The summed E-state index contributed by atoms with van der Waals surface area (Å²) in [6, 6.07) is 13.3. The van der Waals surface area contributed by atoms with Crippen LogP contribution in [-0.2, 0) is 9.53 Å². The molecule has 6 heteroatoms. The Hall–Kier alpha value is -2.53. The number of benzene rings is 2. The molecule has 0 heterocycles. The van der Waals surface area contributed by atoms with E-state index in [2.05, 4.69) is 10.6 Å². The number of ether oxygens (including phenoxy) is 1. The lowest BCUT2D eigenvalue weighted by molar-refractivity contribution is -0.115. The molecule has 0 bridgehead atoms. The highest BCUT2D eigenvalue weighted by atomic mass is 35.5. The fraction of sp³-hybridized carbons (Fsp3) is 0.300. The number of carbonyl (C=O) groups is 2. The number of alkyl carbamates (subject to hydrolysis) is 1. The molecule has 2 aromatic carbocycles. The molecule has 0 aliphatic carbocycles. The highest BCUT2D eigenvalue weighted by Crippen LogP contribution is 2.26. The van der Waals surface area contributed by atoms with Gasteiger partial charge < -0.3 is 15.4 Å². The maximum atomic E-state index is 12.0.